The highest BCUT2D eigenvalue weighted by Crippen LogP contribution is 2.41. The van der Waals surface area contributed by atoms with E-state index in [4.69, 9.17) is 9.47 Å². The summed E-state index contributed by atoms with van der Waals surface area (Å²) in [6, 6.07) is 14.1. The van der Waals surface area contributed by atoms with Gasteiger partial charge in [-0.1, -0.05) is 18.2 Å². The van der Waals surface area contributed by atoms with Crippen LogP contribution in [0.2, 0.25) is 0 Å². The molecule has 9 heteroatoms. The number of methoxy groups -OCH3 is 2. The predicted octanol–water partition coefficient (Wildman–Crippen LogP) is 1.60. The second-order valence-corrected chi connectivity index (χ2v) is 8.49. The van der Waals surface area contributed by atoms with E-state index in [1.807, 2.05) is 6.07 Å². The summed E-state index contributed by atoms with van der Waals surface area (Å²) >= 11 is 0. The quantitative estimate of drug-likeness (QED) is 0.602. The number of likely N-dealkylation sites (N-methyl/N-ethyl adjacent to an activating group) is 1. The van der Waals surface area contributed by atoms with E-state index in [-0.39, 0.29) is 37.1 Å². The molecule has 0 bridgehead atoms. The summed E-state index contributed by atoms with van der Waals surface area (Å²) in [5, 5.41) is 0. The average Bonchev–Trinajstić information content (AvgIpc) is 3.08. The molecule has 0 aliphatic carbocycles. The van der Waals surface area contributed by atoms with E-state index in [0.717, 1.165) is 4.90 Å². The fraction of sp³-hybridized carbons (Fsp3) is 0.360. The van der Waals surface area contributed by atoms with Crippen LogP contribution in [0, 0.1) is 0 Å². The maximum Gasteiger partial charge on any atom is 0.246 e. The molecular weight excluding hydrogens is 438 g/mol. The van der Waals surface area contributed by atoms with E-state index in [1.165, 1.54) is 19.1 Å². The molecule has 2 heterocycles. The summed E-state index contributed by atoms with van der Waals surface area (Å²) in [5.74, 6) is -0.189. The van der Waals surface area contributed by atoms with Crippen molar-refractivity contribution in [2.45, 2.75) is 18.3 Å². The van der Waals surface area contributed by atoms with Crippen molar-refractivity contribution < 1.29 is 28.7 Å². The van der Waals surface area contributed by atoms with Gasteiger partial charge in [0.05, 0.1) is 19.6 Å². The lowest BCUT2D eigenvalue weighted by Crippen LogP contribution is -2.53. The molecule has 2 saturated heterocycles. The molecule has 2 aliphatic heterocycles. The lowest BCUT2D eigenvalue weighted by Gasteiger charge is -2.36. The van der Waals surface area contributed by atoms with Crippen LogP contribution in [0.25, 0.3) is 0 Å². The molecule has 2 fully saturated rings. The van der Waals surface area contributed by atoms with Crippen molar-refractivity contribution >= 4 is 29.3 Å². The van der Waals surface area contributed by atoms with Gasteiger partial charge < -0.3 is 19.3 Å². The SMILES string of the molecule is COc1cccc(N2CCN(C(=O)C[C@]3(c4cccc(OC)c4)CC(=O)N(C)C3=O)CC2=O)c1. The maximum absolute atomic E-state index is 13.4. The molecule has 34 heavy (non-hydrogen) atoms. The summed E-state index contributed by atoms with van der Waals surface area (Å²) in [7, 11) is 4.49. The zero-order chi connectivity index (χ0) is 24.5. The number of anilines is 1. The largest absolute Gasteiger partial charge is 0.497 e. The van der Waals surface area contributed by atoms with Crippen molar-refractivity contribution in [3.63, 3.8) is 0 Å². The second kappa shape index (κ2) is 9.17. The molecule has 2 aromatic carbocycles. The Morgan fingerprint density at radius 1 is 0.941 bits per heavy atom. The van der Waals surface area contributed by atoms with Gasteiger partial charge in [-0.25, -0.2) is 0 Å². The Balaban J connectivity index is 1.55. The number of piperazine rings is 1. The number of benzene rings is 2. The maximum atomic E-state index is 13.4. The van der Waals surface area contributed by atoms with Gasteiger partial charge in [0.15, 0.2) is 0 Å². The van der Waals surface area contributed by atoms with Crippen LogP contribution in [0.4, 0.5) is 5.69 Å². The molecule has 0 unspecified atom stereocenters. The van der Waals surface area contributed by atoms with Crippen molar-refractivity contribution in [1.82, 2.24) is 9.80 Å². The number of amides is 4. The summed E-state index contributed by atoms with van der Waals surface area (Å²) in [5.41, 5.74) is -0.0866. The number of nitrogens with zero attached hydrogens (tertiary/aromatic N) is 3. The van der Waals surface area contributed by atoms with Gasteiger partial charge in [-0.2, -0.15) is 0 Å². The fourth-order valence-electron chi connectivity index (χ4n) is 4.58. The van der Waals surface area contributed by atoms with E-state index >= 15 is 0 Å². The Morgan fingerprint density at radius 2 is 1.62 bits per heavy atom. The van der Waals surface area contributed by atoms with Gasteiger partial charge in [-0.3, -0.25) is 24.1 Å². The summed E-state index contributed by atoms with van der Waals surface area (Å²) < 4.78 is 10.5. The van der Waals surface area contributed by atoms with E-state index in [2.05, 4.69) is 0 Å². The first-order chi connectivity index (χ1) is 16.3. The molecule has 2 aliphatic rings. The van der Waals surface area contributed by atoms with Crippen LogP contribution in [0.1, 0.15) is 18.4 Å². The van der Waals surface area contributed by atoms with Gasteiger partial charge in [0, 0.05) is 44.7 Å². The first-order valence-corrected chi connectivity index (χ1v) is 11.0. The van der Waals surface area contributed by atoms with E-state index in [9.17, 15) is 19.2 Å². The number of likely N-dealkylation sites (tertiary alicyclic amines) is 1. The molecule has 0 radical (unpaired) electrons. The van der Waals surface area contributed by atoms with Crippen LogP contribution < -0.4 is 14.4 Å². The molecule has 1 atom stereocenters. The highest BCUT2D eigenvalue weighted by molar-refractivity contribution is 6.10. The number of carbonyl (C=O) groups is 4. The standard InChI is InChI=1S/C25H27N3O6/c1-26-21(29)14-25(24(26)32,17-6-4-8-19(12-17)33-2)15-22(30)27-10-11-28(23(31)16-27)18-7-5-9-20(13-18)34-3/h4-9,12-13H,10-11,14-16H2,1-3H3/t25-/m0/s1. The third kappa shape index (κ3) is 4.09. The van der Waals surface area contributed by atoms with Crippen LogP contribution in [0.3, 0.4) is 0 Å². The van der Waals surface area contributed by atoms with E-state index in [1.54, 1.807) is 54.5 Å². The van der Waals surface area contributed by atoms with Crippen LogP contribution in [0.15, 0.2) is 48.5 Å². The summed E-state index contributed by atoms with van der Waals surface area (Å²) in [4.78, 5) is 56.1. The predicted molar refractivity (Wildman–Crippen MR) is 124 cm³/mol. The van der Waals surface area contributed by atoms with Crippen molar-refractivity contribution in [2.75, 3.05) is 45.8 Å². The third-order valence-corrected chi connectivity index (χ3v) is 6.55. The topological polar surface area (TPSA) is 96.5 Å². The number of ether oxygens (including phenoxy) is 2. The number of imide groups is 1. The molecule has 9 nitrogen and oxygen atoms in total. The Kier molecular flexibility index (Phi) is 6.28. The van der Waals surface area contributed by atoms with Crippen LogP contribution in [-0.2, 0) is 24.6 Å². The number of rotatable bonds is 6. The average molecular weight is 466 g/mol. The number of carbonyl (C=O) groups excluding carboxylic acids is 4. The van der Waals surface area contributed by atoms with E-state index < -0.39 is 11.3 Å². The lowest BCUT2D eigenvalue weighted by molar-refractivity contribution is -0.142. The van der Waals surface area contributed by atoms with E-state index in [0.29, 0.717) is 35.8 Å². The molecule has 0 saturated carbocycles. The van der Waals surface area contributed by atoms with Gasteiger partial charge in [-0.15, -0.1) is 0 Å². The minimum atomic E-state index is -1.33. The monoisotopic (exact) mass is 465 g/mol. The fourth-order valence-corrected chi connectivity index (χ4v) is 4.58. The molecule has 4 amide bonds. The van der Waals surface area contributed by atoms with Crippen LogP contribution in [0.5, 0.6) is 11.5 Å². The van der Waals surface area contributed by atoms with Gasteiger partial charge in [0.25, 0.3) is 0 Å². The van der Waals surface area contributed by atoms with Gasteiger partial charge in [-0.05, 0) is 29.8 Å². The zero-order valence-electron chi connectivity index (χ0n) is 19.4. The van der Waals surface area contributed by atoms with Crippen molar-refractivity contribution in [3.8, 4) is 11.5 Å². The molecule has 178 valence electrons. The third-order valence-electron chi connectivity index (χ3n) is 6.55. The van der Waals surface area contributed by atoms with Gasteiger partial charge in [0.2, 0.25) is 23.6 Å². The van der Waals surface area contributed by atoms with Crippen LogP contribution in [-0.4, -0.2) is 74.3 Å². The Hall–Kier alpha value is -3.88. The van der Waals surface area contributed by atoms with Crippen molar-refractivity contribution in [3.05, 3.63) is 54.1 Å². The van der Waals surface area contributed by atoms with Crippen LogP contribution >= 0.6 is 0 Å². The molecular formula is C25H27N3O6. The lowest BCUT2D eigenvalue weighted by atomic mass is 9.75. The number of hydrogen-bond acceptors (Lipinski definition) is 6. The minimum Gasteiger partial charge on any atom is -0.497 e. The minimum absolute atomic E-state index is 0.109. The summed E-state index contributed by atoms with van der Waals surface area (Å²) in [6.45, 7) is 0.521. The molecule has 0 N–H and O–H groups in total. The smallest absolute Gasteiger partial charge is 0.246 e. The van der Waals surface area contributed by atoms with Gasteiger partial charge >= 0.3 is 0 Å². The first-order valence-electron chi connectivity index (χ1n) is 11.0. The first kappa shape index (κ1) is 23.3. The van der Waals surface area contributed by atoms with Gasteiger partial charge in [0.1, 0.15) is 18.0 Å². The Bertz CT molecular complexity index is 1150. The molecule has 4 rings (SSSR count). The molecule has 0 aromatic heterocycles. The van der Waals surface area contributed by atoms with Crippen molar-refractivity contribution in [2.24, 2.45) is 0 Å². The van der Waals surface area contributed by atoms with Crippen molar-refractivity contribution in [1.29, 1.82) is 0 Å². The zero-order valence-corrected chi connectivity index (χ0v) is 19.4. The number of hydrogen-bond donors (Lipinski definition) is 0. The summed E-state index contributed by atoms with van der Waals surface area (Å²) in [6.07, 6.45) is -0.319. The second-order valence-electron chi connectivity index (χ2n) is 8.49. The molecule has 2 aromatic rings. The Morgan fingerprint density at radius 3 is 2.24 bits per heavy atom. The Labute approximate surface area is 197 Å². The highest BCUT2D eigenvalue weighted by Gasteiger charge is 2.53. The highest BCUT2D eigenvalue weighted by atomic mass is 16.5. The molecule has 0 spiro atoms. The normalized spacial score (nSPS) is 20.7.